The molecule has 7 heteroatoms. The lowest BCUT2D eigenvalue weighted by Crippen LogP contribution is -2.52. The molecule has 1 N–H and O–H groups in total. The molecule has 7 nitrogen and oxygen atoms in total. The van der Waals surface area contributed by atoms with E-state index in [2.05, 4.69) is 48.9 Å². The van der Waals surface area contributed by atoms with E-state index in [1.165, 1.54) is 19.3 Å². The molecule has 32 heavy (non-hydrogen) atoms. The van der Waals surface area contributed by atoms with Crippen LogP contribution in [-0.2, 0) is 21.6 Å². The molecule has 180 valence electrons. The van der Waals surface area contributed by atoms with Gasteiger partial charge in [-0.15, -0.1) is 0 Å². The summed E-state index contributed by atoms with van der Waals surface area (Å²) < 4.78 is 5.64. The quantitative estimate of drug-likeness (QED) is 0.587. The van der Waals surface area contributed by atoms with Gasteiger partial charge in [-0.3, -0.25) is 9.69 Å². The third-order valence-corrected chi connectivity index (χ3v) is 6.95. The van der Waals surface area contributed by atoms with E-state index < -0.39 is 0 Å². The highest BCUT2D eigenvalue weighted by atomic mass is 16.5. The summed E-state index contributed by atoms with van der Waals surface area (Å²) in [5.74, 6) is 2.72. The van der Waals surface area contributed by atoms with Gasteiger partial charge < -0.3 is 15.0 Å². The number of anilines is 1. The van der Waals surface area contributed by atoms with Gasteiger partial charge in [0.25, 0.3) is 0 Å². The number of amides is 1. The first-order chi connectivity index (χ1) is 15.3. The SMILES string of the molecule is CCOCc1cc(N2CCN(CCC3CCC(NC=O)CC3)C(C)C2)nc(C(C)(C)C)n1. The van der Waals surface area contributed by atoms with E-state index in [1.807, 2.05) is 6.92 Å². The van der Waals surface area contributed by atoms with Crippen molar-refractivity contribution in [3.63, 3.8) is 0 Å². The number of nitrogens with zero attached hydrogens (tertiary/aromatic N) is 4. The first kappa shape index (κ1) is 24.9. The van der Waals surface area contributed by atoms with Gasteiger partial charge in [-0.2, -0.15) is 0 Å². The molecule has 2 aliphatic rings. The minimum absolute atomic E-state index is 0.0926. The molecular weight excluding hydrogens is 402 g/mol. The smallest absolute Gasteiger partial charge is 0.207 e. The largest absolute Gasteiger partial charge is 0.375 e. The van der Waals surface area contributed by atoms with Crippen molar-refractivity contribution in [2.24, 2.45) is 5.92 Å². The third kappa shape index (κ3) is 6.88. The molecule has 0 radical (unpaired) electrons. The fraction of sp³-hybridized carbons (Fsp3) is 0.800. The lowest BCUT2D eigenvalue weighted by molar-refractivity contribution is -0.110. The zero-order chi connectivity index (χ0) is 23.1. The molecule has 1 saturated carbocycles. The Morgan fingerprint density at radius 1 is 1.19 bits per heavy atom. The summed E-state index contributed by atoms with van der Waals surface area (Å²) in [7, 11) is 0. The van der Waals surface area contributed by atoms with Crippen LogP contribution in [0.15, 0.2) is 6.07 Å². The standard InChI is InChI=1S/C25H43N5O2/c1-6-32-17-22-15-23(28-24(27-22)25(3,4)5)30-14-13-29(19(2)16-30)12-11-20-7-9-21(10-8-20)26-18-31/h15,18-21H,6-14,16-17H2,1-5H3,(H,26,31). The number of nitrogens with one attached hydrogen (secondary N) is 1. The second-order valence-corrected chi connectivity index (χ2v) is 10.6. The highest BCUT2D eigenvalue weighted by Crippen LogP contribution is 2.28. The van der Waals surface area contributed by atoms with Crippen molar-refractivity contribution < 1.29 is 9.53 Å². The summed E-state index contributed by atoms with van der Waals surface area (Å²) in [6.07, 6.45) is 6.84. The van der Waals surface area contributed by atoms with E-state index in [4.69, 9.17) is 14.7 Å². The second kappa shape index (κ2) is 11.4. The number of rotatable bonds is 9. The molecule has 1 aliphatic heterocycles. The van der Waals surface area contributed by atoms with Gasteiger partial charge in [0.2, 0.25) is 6.41 Å². The zero-order valence-electron chi connectivity index (χ0n) is 20.8. The number of carbonyl (C=O) groups excluding carboxylic acids is 1. The fourth-order valence-electron chi connectivity index (χ4n) is 4.86. The molecule has 1 saturated heterocycles. The van der Waals surface area contributed by atoms with Gasteiger partial charge >= 0.3 is 0 Å². The van der Waals surface area contributed by atoms with Gasteiger partial charge in [-0.1, -0.05) is 20.8 Å². The summed E-state index contributed by atoms with van der Waals surface area (Å²) in [4.78, 5) is 25.4. The second-order valence-electron chi connectivity index (χ2n) is 10.6. The molecule has 2 fully saturated rings. The van der Waals surface area contributed by atoms with Gasteiger partial charge in [-0.25, -0.2) is 9.97 Å². The highest BCUT2D eigenvalue weighted by Gasteiger charge is 2.28. The van der Waals surface area contributed by atoms with Crippen LogP contribution < -0.4 is 10.2 Å². The van der Waals surface area contributed by atoms with Crippen LogP contribution in [0.1, 0.15) is 78.2 Å². The summed E-state index contributed by atoms with van der Waals surface area (Å²) in [5.41, 5.74) is 0.876. The number of piperazine rings is 1. The van der Waals surface area contributed by atoms with E-state index >= 15 is 0 Å². The van der Waals surface area contributed by atoms with Gasteiger partial charge in [0.15, 0.2) is 0 Å². The fourth-order valence-corrected chi connectivity index (χ4v) is 4.86. The Labute approximate surface area is 194 Å². The van der Waals surface area contributed by atoms with E-state index in [0.29, 0.717) is 25.3 Å². The Morgan fingerprint density at radius 2 is 1.94 bits per heavy atom. The average Bonchev–Trinajstić information content (AvgIpc) is 2.77. The minimum Gasteiger partial charge on any atom is -0.375 e. The van der Waals surface area contributed by atoms with E-state index in [0.717, 1.165) is 68.7 Å². The molecule has 2 heterocycles. The first-order valence-corrected chi connectivity index (χ1v) is 12.4. The van der Waals surface area contributed by atoms with Gasteiger partial charge in [-0.05, 0) is 58.4 Å². The minimum atomic E-state index is -0.0926. The van der Waals surface area contributed by atoms with Gasteiger partial charge in [0.1, 0.15) is 11.6 Å². The number of hydrogen-bond donors (Lipinski definition) is 1. The number of hydrogen-bond acceptors (Lipinski definition) is 6. The number of aromatic nitrogens is 2. The molecule has 1 aliphatic carbocycles. The van der Waals surface area contributed by atoms with E-state index in [9.17, 15) is 4.79 Å². The summed E-state index contributed by atoms with van der Waals surface area (Å²) in [6.45, 7) is 16.3. The molecule has 1 amide bonds. The highest BCUT2D eigenvalue weighted by molar-refractivity contribution is 5.46. The molecule has 0 spiro atoms. The molecule has 1 aromatic rings. The van der Waals surface area contributed by atoms with Crippen molar-refractivity contribution in [1.29, 1.82) is 0 Å². The van der Waals surface area contributed by atoms with Crippen LogP contribution in [-0.4, -0.2) is 66.1 Å². The topological polar surface area (TPSA) is 70.6 Å². The summed E-state index contributed by atoms with van der Waals surface area (Å²) >= 11 is 0. The van der Waals surface area contributed by atoms with Gasteiger partial charge in [0.05, 0.1) is 12.3 Å². The van der Waals surface area contributed by atoms with Crippen molar-refractivity contribution in [2.45, 2.75) is 90.8 Å². The van der Waals surface area contributed by atoms with Crippen LogP contribution in [0, 0.1) is 5.92 Å². The maximum atomic E-state index is 10.6. The predicted molar refractivity (Wildman–Crippen MR) is 129 cm³/mol. The van der Waals surface area contributed by atoms with Crippen LogP contribution in [0.3, 0.4) is 0 Å². The number of carbonyl (C=O) groups is 1. The van der Waals surface area contributed by atoms with E-state index in [-0.39, 0.29) is 5.41 Å². The Hall–Kier alpha value is -1.73. The Bertz CT molecular complexity index is 728. The predicted octanol–water partition coefficient (Wildman–Crippen LogP) is 3.52. The van der Waals surface area contributed by atoms with E-state index in [1.54, 1.807) is 0 Å². The molecule has 1 aromatic heterocycles. The monoisotopic (exact) mass is 445 g/mol. The Kier molecular flexibility index (Phi) is 8.88. The molecule has 1 atom stereocenters. The van der Waals surface area contributed by atoms with Crippen LogP contribution in [0.4, 0.5) is 5.82 Å². The van der Waals surface area contributed by atoms with Crippen LogP contribution in [0.2, 0.25) is 0 Å². The molecule has 0 aromatic carbocycles. The first-order valence-electron chi connectivity index (χ1n) is 12.4. The van der Waals surface area contributed by atoms with Crippen molar-refractivity contribution in [3.05, 3.63) is 17.6 Å². The van der Waals surface area contributed by atoms with Crippen LogP contribution >= 0.6 is 0 Å². The van der Waals surface area contributed by atoms with Crippen molar-refractivity contribution in [1.82, 2.24) is 20.2 Å². The maximum Gasteiger partial charge on any atom is 0.207 e. The third-order valence-electron chi connectivity index (χ3n) is 6.95. The van der Waals surface area contributed by atoms with Crippen LogP contribution in [0.5, 0.6) is 0 Å². The molecule has 0 bridgehead atoms. The average molecular weight is 446 g/mol. The molecule has 1 unspecified atom stereocenters. The normalized spacial score (nSPS) is 25.0. The lowest BCUT2D eigenvalue weighted by atomic mass is 9.84. The van der Waals surface area contributed by atoms with Crippen molar-refractivity contribution >= 4 is 12.2 Å². The van der Waals surface area contributed by atoms with Crippen molar-refractivity contribution in [2.75, 3.05) is 37.7 Å². The lowest BCUT2D eigenvalue weighted by Gasteiger charge is -2.41. The summed E-state index contributed by atoms with van der Waals surface area (Å²) in [6, 6.07) is 3.00. The van der Waals surface area contributed by atoms with Crippen molar-refractivity contribution in [3.8, 4) is 0 Å². The molecule has 3 rings (SSSR count). The number of ether oxygens (including phenoxy) is 1. The zero-order valence-corrected chi connectivity index (χ0v) is 20.8. The summed E-state index contributed by atoms with van der Waals surface area (Å²) in [5, 5.41) is 2.95. The van der Waals surface area contributed by atoms with Crippen LogP contribution in [0.25, 0.3) is 0 Å². The molecular formula is C25H43N5O2. The van der Waals surface area contributed by atoms with Gasteiger partial charge in [0, 0.05) is 49.8 Å². The Balaban J connectivity index is 1.56. The maximum absolute atomic E-state index is 10.6. The Morgan fingerprint density at radius 3 is 2.56 bits per heavy atom.